The lowest BCUT2D eigenvalue weighted by Gasteiger charge is -2.42. The zero-order valence-electron chi connectivity index (χ0n) is 14.3. The average Bonchev–Trinajstić information content (AvgIpc) is 2.43. The van der Waals surface area contributed by atoms with E-state index < -0.39 is 0 Å². The summed E-state index contributed by atoms with van der Waals surface area (Å²) in [4.78, 5) is 2.40. The van der Waals surface area contributed by atoms with Gasteiger partial charge in [-0.1, -0.05) is 32.4 Å². The van der Waals surface area contributed by atoms with Crippen molar-refractivity contribution in [1.29, 1.82) is 0 Å². The predicted octanol–water partition coefficient (Wildman–Crippen LogP) is 4.29. The van der Waals surface area contributed by atoms with Gasteiger partial charge in [0.05, 0.1) is 11.6 Å². The molecule has 0 aliphatic carbocycles. The van der Waals surface area contributed by atoms with E-state index in [1.54, 1.807) is 6.07 Å². The van der Waals surface area contributed by atoms with Crippen LogP contribution in [0.15, 0.2) is 12.1 Å². The van der Waals surface area contributed by atoms with Gasteiger partial charge in [0, 0.05) is 32.2 Å². The zero-order chi connectivity index (χ0) is 16.3. The minimum atomic E-state index is -0.381. The number of hydrogen-bond donors (Lipinski definition) is 1. The molecule has 1 atom stereocenters. The Morgan fingerprint density at radius 3 is 2.39 bits per heavy atom. The fraction of sp³-hybridized carbons (Fsp3) is 0.647. The summed E-state index contributed by atoms with van der Waals surface area (Å²) in [6.45, 7) is 12.6. The zero-order valence-corrected chi connectivity index (χ0v) is 15.9. The number of ether oxygens (including phenoxy) is 1. The molecular weight excluding hydrogens is 338 g/mol. The largest absolute Gasteiger partial charge is 0.489 e. The Labute approximate surface area is 149 Å². The van der Waals surface area contributed by atoms with E-state index in [1.165, 1.54) is 0 Å². The quantitative estimate of drug-likeness (QED) is 0.862. The molecule has 0 amide bonds. The highest BCUT2D eigenvalue weighted by Gasteiger charge is 2.33. The first-order valence-corrected chi connectivity index (χ1v) is 8.29. The third-order valence-electron chi connectivity index (χ3n) is 3.96. The molecule has 0 bridgehead atoms. The molecule has 1 saturated heterocycles. The van der Waals surface area contributed by atoms with Gasteiger partial charge in [0.25, 0.3) is 0 Å². The molecule has 1 aromatic carbocycles. The fourth-order valence-corrected chi connectivity index (χ4v) is 3.49. The standard InChI is InChI=1S/C17H26ClFN2O.ClH/c1-5-22-15-13(18)10-12(11-14(15)19)16(17(2,3)4)21-8-6-20-7-9-21;/h10-11,16,20H,5-9H2,1-4H3;1H/t16-;/m1./s1. The Morgan fingerprint density at radius 2 is 1.91 bits per heavy atom. The van der Waals surface area contributed by atoms with Gasteiger partial charge in [-0.2, -0.15) is 0 Å². The van der Waals surface area contributed by atoms with Crippen LogP contribution in [0.1, 0.15) is 39.3 Å². The molecule has 0 spiro atoms. The van der Waals surface area contributed by atoms with Crippen molar-refractivity contribution in [3.8, 4) is 5.75 Å². The van der Waals surface area contributed by atoms with Crippen LogP contribution in [0, 0.1) is 11.2 Å². The van der Waals surface area contributed by atoms with Gasteiger partial charge < -0.3 is 10.1 Å². The maximum atomic E-state index is 14.4. The number of nitrogens with zero attached hydrogens (tertiary/aromatic N) is 1. The Hall–Kier alpha value is -0.550. The molecule has 0 aromatic heterocycles. The van der Waals surface area contributed by atoms with E-state index in [0.717, 1.165) is 31.7 Å². The molecule has 1 aliphatic heterocycles. The lowest BCUT2D eigenvalue weighted by Crippen LogP contribution is -2.48. The van der Waals surface area contributed by atoms with E-state index in [9.17, 15) is 4.39 Å². The molecule has 3 nitrogen and oxygen atoms in total. The van der Waals surface area contributed by atoms with Crippen LogP contribution in [0.25, 0.3) is 0 Å². The molecule has 2 rings (SSSR count). The van der Waals surface area contributed by atoms with Crippen LogP contribution in [-0.2, 0) is 0 Å². The van der Waals surface area contributed by atoms with Crippen molar-refractivity contribution in [3.63, 3.8) is 0 Å². The van der Waals surface area contributed by atoms with Crippen molar-refractivity contribution in [2.24, 2.45) is 5.41 Å². The smallest absolute Gasteiger partial charge is 0.173 e. The van der Waals surface area contributed by atoms with Gasteiger partial charge >= 0.3 is 0 Å². The molecular formula is C17H27Cl2FN2O. The van der Waals surface area contributed by atoms with Crippen molar-refractivity contribution < 1.29 is 9.13 Å². The van der Waals surface area contributed by atoms with Gasteiger partial charge in [0.1, 0.15) is 0 Å². The molecule has 0 unspecified atom stereocenters. The molecule has 1 aliphatic rings. The molecule has 0 saturated carbocycles. The predicted molar refractivity (Wildman–Crippen MR) is 96.5 cm³/mol. The lowest BCUT2D eigenvalue weighted by molar-refractivity contribution is 0.0859. The number of hydrogen-bond acceptors (Lipinski definition) is 3. The van der Waals surface area contributed by atoms with Crippen LogP contribution in [0.2, 0.25) is 5.02 Å². The van der Waals surface area contributed by atoms with Gasteiger partial charge in [-0.3, -0.25) is 4.90 Å². The first kappa shape index (κ1) is 20.5. The fourth-order valence-electron chi connectivity index (χ4n) is 3.22. The summed E-state index contributed by atoms with van der Waals surface area (Å²) >= 11 is 6.25. The van der Waals surface area contributed by atoms with Crippen LogP contribution in [0.4, 0.5) is 4.39 Å². The van der Waals surface area contributed by atoms with Crippen LogP contribution >= 0.6 is 24.0 Å². The van der Waals surface area contributed by atoms with E-state index >= 15 is 0 Å². The summed E-state index contributed by atoms with van der Waals surface area (Å²) in [5, 5.41) is 3.71. The summed E-state index contributed by atoms with van der Waals surface area (Å²) in [5.74, 6) is -0.227. The molecule has 132 valence electrons. The van der Waals surface area contributed by atoms with Gasteiger partial charge in [-0.25, -0.2) is 4.39 Å². The summed E-state index contributed by atoms with van der Waals surface area (Å²) in [6.07, 6.45) is 0. The normalized spacial score (nSPS) is 17.5. The minimum absolute atomic E-state index is 0. The number of halogens is 3. The minimum Gasteiger partial charge on any atom is -0.489 e. The highest BCUT2D eigenvalue weighted by atomic mass is 35.5. The Bertz CT molecular complexity index is 491. The summed E-state index contributed by atoms with van der Waals surface area (Å²) < 4.78 is 19.7. The highest BCUT2D eigenvalue weighted by molar-refractivity contribution is 6.32. The lowest BCUT2D eigenvalue weighted by atomic mass is 9.81. The van der Waals surface area contributed by atoms with Gasteiger partial charge in [-0.15, -0.1) is 12.4 Å². The maximum absolute atomic E-state index is 14.4. The summed E-state index contributed by atoms with van der Waals surface area (Å²) in [5.41, 5.74) is 0.903. The van der Waals surface area contributed by atoms with Crippen molar-refractivity contribution in [2.75, 3.05) is 32.8 Å². The van der Waals surface area contributed by atoms with Crippen molar-refractivity contribution in [2.45, 2.75) is 33.7 Å². The molecule has 1 N–H and O–H groups in total. The molecule has 0 radical (unpaired) electrons. The second-order valence-electron chi connectivity index (χ2n) is 6.80. The third-order valence-corrected chi connectivity index (χ3v) is 4.24. The number of piperazine rings is 1. The van der Waals surface area contributed by atoms with E-state index in [0.29, 0.717) is 11.6 Å². The van der Waals surface area contributed by atoms with Crippen molar-refractivity contribution in [1.82, 2.24) is 10.2 Å². The van der Waals surface area contributed by atoms with Gasteiger partial charge in [0.15, 0.2) is 11.6 Å². The highest BCUT2D eigenvalue weighted by Crippen LogP contribution is 2.41. The molecule has 1 aromatic rings. The number of nitrogens with one attached hydrogen (secondary N) is 1. The van der Waals surface area contributed by atoms with Crippen LogP contribution < -0.4 is 10.1 Å². The molecule has 1 fully saturated rings. The Balaban J connectivity index is 0.00000264. The number of benzene rings is 1. The number of rotatable bonds is 4. The average molecular weight is 365 g/mol. The Morgan fingerprint density at radius 1 is 1.30 bits per heavy atom. The van der Waals surface area contributed by atoms with Crippen molar-refractivity contribution >= 4 is 24.0 Å². The SMILES string of the molecule is CCOc1c(F)cc([C@@H](N2CCNCC2)C(C)(C)C)cc1Cl.Cl. The van der Waals surface area contributed by atoms with Crippen LogP contribution in [-0.4, -0.2) is 37.7 Å². The summed E-state index contributed by atoms with van der Waals surface area (Å²) in [6, 6.07) is 3.56. The molecule has 1 heterocycles. The van der Waals surface area contributed by atoms with E-state index in [-0.39, 0.29) is 35.4 Å². The maximum Gasteiger partial charge on any atom is 0.173 e. The first-order chi connectivity index (χ1) is 10.3. The first-order valence-electron chi connectivity index (χ1n) is 7.91. The Kier molecular flexibility index (Phi) is 7.59. The van der Waals surface area contributed by atoms with E-state index in [1.807, 2.05) is 13.0 Å². The second kappa shape index (κ2) is 8.52. The van der Waals surface area contributed by atoms with Gasteiger partial charge in [0.2, 0.25) is 0 Å². The molecule has 23 heavy (non-hydrogen) atoms. The van der Waals surface area contributed by atoms with Gasteiger partial charge in [-0.05, 0) is 30.0 Å². The topological polar surface area (TPSA) is 24.5 Å². The molecule has 6 heteroatoms. The monoisotopic (exact) mass is 364 g/mol. The summed E-state index contributed by atoms with van der Waals surface area (Å²) in [7, 11) is 0. The third kappa shape index (κ3) is 4.96. The van der Waals surface area contributed by atoms with Crippen molar-refractivity contribution in [3.05, 3.63) is 28.5 Å². The second-order valence-corrected chi connectivity index (χ2v) is 7.21. The van der Waals surface area contributed by atoms with Crippen LogP contribution in [0.3, 0.4) is 0 Å². The van der Waals surface area contributed by atoms with E-state index in [2.05, 4.69) is 31.0 Å². The van der Waals surface area contributed by atoms with E-state index in [4.69, 9.17) is 16.3 Å². The van der Waals surface area contributed by atoms with Crippen LogP contribution in [0.5, 0.6) is 5.75 Å².